The molecule has 0 spiro atoms. The van der Waals surface area contributed by atoms with Gasteiger partial charge >= 0.3 is 0 Å². The van der Waals surface area contributed by atoms with Gasteiger partial charge in [-0.25, -0.2) is 9.97 Å². The Morgan fingerprint density at radius 1 is 1.27 bits per heavy atom. The zero-order valence-corrected chi connectivity index (χ0v) is 15.6. The van der Waals surface area contributed by atoms with Crippen LogP contribution in [0.3, 0.4) is 0 Å². The van der Waals surface area contributed by atoms with E-state index in [0.717, 1.165) is 43.2 Å². The van der Waals surface area contributed by atoms with Crippen LogP contribution in [0.15, 0.2) is 36.7 Å². The second-order valence-corrected chi connectivity index (χ2v) is 6.78. The topological polar surface area (TPSA) is 67.3 Å². The van der Waals surface area contributed by atoms with Crippen LogP contribution in [0.4, 0.5) is 5.95 Å². The summed E-state index contributed by atoms with van der Waals surface area (Å²) in [5.41, 5.74) is 2.24. The normalized spacial score (nSPS) is 15.3. The molecule has 1 amide bonds. The number of aryl methyl sites for hydroxylation is 1. The van der Waals surface area contributed by atoms with E-state index in [9.17, 15) is 4.79 Å². The number of aromatic nitrogens is 2. The largest absolute Gasteiger partial charge is 0.487 e. The Balaban J connectivity index is 1.48. The molecular weight excluding hydrogens is 328 g/mol. The number of carbonyl (C=O) groups excluding carboxylic acids is 1. The summed E-state index contributed by atoms with van der Waals surface area (Å²) in [6, 6.07) is 7.87. The first kappa shape index (κ1) is 18.2. The van der Waals surface area contributed by atoms with Crippen molar-refractivity contribution in [3.8, 4) is 5.75 Å². The number of nitrogens with zero attached hydrogens (tertiary/aromatic N) is 3. The third kappa shape index (κ3) is 4.50. The standard InChI is InChI=1S/C20H26N4O2/c1-4-5-16-10-21-20(22-11-16)24-12-19(13-24)26-18-8-6-17(7-9-18)14(2)23-15(3)25/h6-11,14,19H,4-5,12-13H2,1-3H3,(H,23,25)/t14-/m0/s1. The van der Waals surface area contributed by atoms with Crippen molar-refractivity contribution in [3.63, 3.8) is 0 Å². The predicted octanol–water partition coefficient (Wildman–Crippen LogP) is 2.89. The van der Waals surface area contributed by atoms with Gasteiger partial charge in [0.15, 0.2) is 0 Å². The van der Waals surface area contributed by atoms with Crippen LogP contribution in [0.1, 0.15) is 44.4 Å². The van der Waals surface area contributed by atoms with Gasteiger partial charge in [-0.1, -0.05) is 25.5 Å². The Kier molecular flexibility index (Phi) is 5.71. The minimum Gasteiger partial charge on any atom is -0.487 e. The molecule has 1 aliphatic heterocycles. The predicted molar refractivity (Wildman–Crippen MR) is 101 cm³/mol. The number of ether oxygens (including phenoxy) is 1. The number of carbonyl (C=O) groups is 1. The molecule has 1 aliphatic rings. The van der Waals surface area contributed by atoms with E-state index >= 15 is 0 Å². The quantitative estimate of drug-likeness (QED) is 0.828. The van der Waals surface area contributed by atoms with E-state index in [1.807, 2.05) is 43.6 Å². The highest BCUT2D eigenvalue weighted by Gasteiger charge is 2.30. The van der Waals surface area contributed by atoms with Gasteiger partial charge in [0.05, 0.1) is 19.1 Å². The fraction of sp³-hybridized carbons (Fsp3) is 0.450. The van der Waals surface area contributed by atoms with Crippen molar-refractivity contribution in [2.24, 2.45) is 0 Å². The number of hydrogen-bond acceptors (Lipinski definition) is 5. The lowest BCUT2D eigenvalue weighted by molar-refractivity contribution is -0.119. The molecule has 6 heteroatoms. The SMILES string of the molecule is CCCc1cnc(N2CC(Oc3ccc([C@H](C)NC(C)=O)cc3)C2)nc1. The van der Waals surface area contributed by atoms with Crippen molar-refractivity contribution in [3.05, 3.63) is 47.8 Å². The Labute approximate surface area is 154 Å². The van der Waals surface area contributed by atoms with Crippen molar-refractivity contribution in [2.45, 2.75) is 45.8 Å². The zero-order chi connectivity index (χ0) is 18.5. The molecule has 1 N–H and O–H groups in total. The highest BCUT2D eigenvalue weighted by molar-refractivity contribution is 5.73. The minimum atomic E-state index is -0.0302. The number of anilines is 1. The summed E-state index contributed by atoms with van der Waals surface area (Å²) in [5.74, 6) is 1.58. The Morgan fingerprint density at radius 2 is 1.92 bits per heavy atom. The third-order valence-corrected chi connectivity index (χ3v) is 4.46. The number of amides is 1. The van der Waals surface area contributed by atoms with E-state index < -0.39 is 0 Å². The van der Waals surface area contributed by atoms with Gasteiger partial charge in [0.1, 0.15) is 11.9 Å². The van der Waals surface area contributed by atoms with E-state index in [0.29, 0.717) is 0 Å². The van der Waals surface area contributed by atoms with E-state index in [-0.39, 0.29) is 18.1 Å². The number of rotatable bonds is 7. The first-order valence-corrected chi connectivity index (χ1v) is 9.14. The molecule has 138 valence electrons. The van der Waals surface area contributed by atoms with Crippen molar-refractivity contribution < 1.29 is 9.53 Å². The average molecular weight is 354 g/mol. The van der Waals surface area contributed by atoms with Gasteiger partial charge in [0.2, 0.25) is 11.9 Å². The maximum Gasteiger partial charge on any atom is 0.225 e. The van der Waals surface area contributed by atoms with Gasteiger partial charge in [-0.3, -0.25) is 4.79 Å². The van der Waals surface area contributed by atoms with Gasteiger partial charge in [-0.05, 0) is 36.6 Å². The van der Waals surface area contributed by atoms with Crippen LogP contribution < -0.4 is 15.0 Å². The van der Waals surface area contributed by atoms with Crippen LogP contribution in [0.25, 0.3) is 0 Å². The van der Waals surface area contributed by atoms with Gasteiger partial charge < -0.3 is 15.0 Å². The van der Waals surface area contributed by atoms with Crippen LogP contribution in [-0.4, -0.2) is 35.1 Å². The maximum absolute atomic E-state index is 11.1. The lowest BCUT2D eigenvalue weighted by Gasteiger charge is -2.38. The molecule has 3 rings (SSSR count). The molecule has 2 aromatic rings. The van der Waals surface area contributed by atoms with Gasteiger partial charge in [-0.15, -0.1) is 0 Å². The van der Waals surface area contributed by atoms with E-state index in [1.54, 1.807) is 0 Å². The van der Waals surface area contributed by atoms with Crippen LogP contribution in [0.5, 0.6) is 5.75 Å². The molecule has 1 fully saturated rings. The molecule has 0 bridgehead atoms. The van der Waals surface area contributed by atoms with Gasteiger partial charge in [-0.2, -0.15) is 0 Å². The fourth-order valence-corrected chi connectivity index (χ4v) is 3.02. The molecule has 0 saturated carbocycles. The molecule has 1 saturated heterocycles. The lowest BCUT2D eigenvalue weighted by atomic mass is 10.1. The second kappa shape index (κ2) is 8.17. The zero-order valence-electron chi connectivity index (χ0n) is 15.6. The maximum atomic E-state index is 11.1. The first-order valence-electron chi connectivity index (χ1n) is 9.14. The number of nitrogens with one attached hydrogen (secondary N) is 1. The smallest absolute Gasteiger partial charge is 0.225 e. The molecule has 1 aromatic heterocycles. The average Bonchev–Trinajstić information content (AvgIpc) is 2.59. The molecule has 0 aliphatic carbocycles. The van der Waals surface area contributed by atoms with Crippen molar-refractivity contribution in [2.75, 3.05) is 18.0 Å². The molecule has 0 radical (unpaired) electrons. The lowest BCUT2D eigenvalue weighted by Crippen LogP contribution is -2.54. The monoisotopic (exact) mass is 354 g/mol. The third-order valence-electron chi connectivity index (χ3n) is 4.46. The van der Waals surface area contributed by atoms with Crippen molar-refractivity contribution >= 4 is 11.9 Å². The minimum absolute atomic E-state index is 0.00595. The summed E-state index contributed by atoms with van der Waals surface area (Å²) in [5, 5.41) is 2.88. The number of benzene rings is 1. The van der Waals surface area contributed by atoms with Crippen molar-refractivity contribution in [1.82, 2.24) is 15.3 Å². The molecule has 2 heterocycles. The summed E-state index contributed by atoms with van der Waals surface area (Å²) >= 11 is 0. The molecular formula is C20H26N4O2. The van der Waals surface area contributed by atoms with Crippen LogP contribution in [0, 0.1) is 0 Å². The molecule has 6 nitrogen and oxygen atoms in total. The summed E-state index contributed by atoms with van der Waals surface area (Å²) in [6.07, 6.45) is 6.09. The van der Waals surface area contributed by atoms with Crippen LogP contribution in [-0.2, 0) is 11.2 Å². The molecule has 26 heavy (non-hydrogen) atoms. The Morgan fingerprint density at radius 3 is 2.50 bits per heavy atom. The molecule has 1 aromatic carbocycles. The second-order valence-electron chi connectivity index (χ2n) is 6.78. The molecule has 0 unspecified atom stereocenters. The van der Waals surface area contributed by atoms with E-state index in [1.165, 1.54) is 12.5 Å². The summed E-state index contributed by atoms with van der Waals surface area (Å²) in [6.45, 7) is 7.22. The van der Waals surface area contributed by atoms with Crippen LogP contribution >= 0.6 is 0 Å². The highest BCUT2D eigenvalue weighted by Crippen LogP contribution is 2.23. The first-order chi connectivity index (χ1) is 12.5. The van der Waals surface area contributed by atoms with Crippen molar-refractivity contribution in [1.29, 1.82) is 0 Å². The molecule has 1 atom stereocenters. The van der Waals surface area contributed by atoms with E-state index in [4.69, 9.17) is 4.74 Å². The highest BCUT2D eigenvalue weighted by atomic mass is 16.5. The Hall–Kier alpha value is -2.63. The fourth-order valence-electron chi connectivity index (χ4n) is 3.02. The number of hydrogen-bond donors (Lipinski definition) is 1. The summed E-state index contributed by atoms with van der Waals surface area (Å²) in [4.78, 5) is 22.1. The summed E-state index contributed by atoms with van der Waals surface area (Å²) in [7, 11) is 0. The van der Waals surface area contributed by atoms with Gasteiger partial charge in [0, 0.05) is 19.3 Å². The van der Waals surface area contributed by atoms with Gasteiger partial charge in [0.25, 0.3) is 0 Å². The van der Waals surface area contributed by atoms with E-state index in [2.05, 4.69) is 27.1 Å². The van der Waals surface area contributed by atoms with Crippen LogP contribution in [0.2, 0.25) is 0 Å². The summed E-state index contributed by atoms with van der Waals surface area (Å²) < 4.78 is 6.00. The Bertz CT molecular complexity index is 724.